The number of likely N-dealkylation sites (tertiary alicyclic amines) is 1. The van der Waals surface area contributed by atoms with Crippen LogP contribution in [0.15, 0.2) is 40.3 Å². The Labute approximate surface area is 158 Å². The van der Waals surface area contributed by atoms with Crippen LogP contribution in [0.5, 0.6) is 0 Å². The minimum absolute atomic E-state index is 0.0616. The maximum Gasteiger partial charge on any atom is 0.257 e. The van der Waals surface area contributed by atoms with Gasteiger partial charge in [0.1, 0.15) is 17.4 Å². The molecule has 2 aromatic rings. The molecular weight excluding hydrogens is 340 g/mol. The summed E-state index contributed by atoms with van der Waals surface area (Å²) in [5.74, 6) is 0.613. The molecule has 5 heteroatoms. The Hall–Kier alpha value is -2.87. The molecule has 1 aromatic carbocycles. The molecule has 4 rings (SSSR count). The Morgan fingerprint density at radius 3 is 2.85 bits per heavy atom. The van der Waals surface area contributed by atoms with Gasteiger partial charge in [-0.15, -0.1) is 0 Å². The predicted molar refractivity (Wildman–Crippen MR) is 101 cm³/mol. The number of benzene rings is 1. The lowest BCUT2D eigenvalue weighted by molar-refractivity contribution is -0.125. The number of hydrogen-bond acceptors (Lipinski definition) is 4. The van der Waals surface area contributed by atoms with E-state index in [2.05, 4.69) is 6.07 Å². The van der Waals surface area contributed by atoms with Gasteiger partial charge in [0.05, 0.1) is 11.1 Å². The van der Waals surface area contributed by atoms with Gasteiger partial charge < -0.3 is 9.32 Å². The summed E-state index contributed by atoms with van der Waals surface area (Å²) in [5, 5.41) is 10.3. The maximum absolute atomic E-state index is 13.2. The third-order valence-electron chi connectivity index (χ3n) is 5.79. The van der Waals surface area contributed by atoms with Gasteiger partial charge >= 0.3 is 0 Å². The molecule has 0 bridgehead atoms. The van der Waals surface area contributed by atoms with Crippen molar-refractivity contribution in [2.45, 2.75) is 33.6 Å². The molecule has 0 radical (unpaired) electrons. The Balaban J connectivity index is 1.66. The van der Waals surface area contributed by atoms with Gasteiger partial charge in [0, 0.05) is 29.3 Å². The molecule has 1 aromatic heterocycles. The van der Waals surface area contributed by atoms with Gasteiger partial charge in [-0.2, -0.15) is 5.26 Å². The lowest BCUT2D eigenvalue weighted by Gasteiger charge is -2.38. The Morgan fingerprint density at radius 1 is 1.33 bits per heavy atom. The van der Waals surface area contributed by atoms with Crippen LogP contribution in [-0.2, 0) is 4.79 Å². The van der Waals surface area contributed by atoms with Crippen LogP contribution >= 0.6 is 0 Å². The lowest BCUT2D eigenvalue weighted by atomic mass is 9.64. The number of aryl methyl sites for hydroxylation is 1. The molecule has 1 saturated heterocycles. The molecule has 138 valence electrons. The smallest absolute Gasteiger partial charge is 0.257 e. The van der Waals surface area contributed by atoms with Crippen LogP contribution in [0.2, 0.25) is 0 Å². The van der Waals surface area contributed by atoms with Gasteiger partial charge in [-0.25, -0.2) is 0 Å². The van der Waals surface area contributed by atoms with E-state index in [1.165, 1.54) is 0 Å². The number of rotatable bonds is 1. The highest BCUT2D eigenvalue weighted by atomic mass is 16.3. The largest absolute Gasteiger partial charge is 0.461 e. The van der Waals surface area contributed by atoms with E-state index in [4.69, 9.17) is 4.42 Å². The number of allylic oxidation sites excluding steroid dienone is 1. The molecule has 27 heavy (non-hydrogen) atoms. The summed E-state index contributed by atoms with van der Waals surface area (Å²) in [6.07, 6.45) is 3.22. The van der Waals surface area contributed by atoms with Crippen molar-refractivity contribution in [1.29, 1.82) is 5.26 Å². The number of carbonyl (C=O) groups is 2. The standard InChI is InChI=1S/C22H22N2O3/c1-14-9-15-5-4-6-17(18(15)27-14)20(26)24-8-7-22(13-24)10-16(11-23)19(25)21(2,3)12-22/h4-6,9-10H,7-8,12-13H2,1-3H3/t22-/m0/s1. The molecule has 1 fully saturated rings. The molecule has 1 atom stereocenters. The van der Waals surface area contributed by atoms with Gasteiger partial charge in [-0.05, 0) is 31.9 Å². The van der Waals surface area contributed by atoms with E-state index >= 15 is 0 Å². The summed E-state index contributed by atoms with van der Waals surface area (Å²) in [6.45, 7) is 6.77. The fourth-order valence-corrected chi connectivity index (χ4v) is 4.69. The van der Waals surface area contributed by atoms with Crippen molar-refractivity contribution in [3.05, 3.63) is 47.2 Å². The van der Waals surface area contributed by atoms with E-state index in [9.17, 15) is 14.9 Å². The number of para-hydroxylation sites is 1. The Bertz CT molecular complexity index is 1040. The summed E-state index contributed by atoms with van der Waals surface area (Å²) in [5.41, 5.74) is 0.508. The van der Waals surface area contributed by atoms with Gasteiger partial charge in [0.15, 0.2) is 5.78 Å². The van der Waals surface area contributed by atoms with E-state index in [1.807, 2.05) is 49.9 Å². The van der Waals surface area contributed by atoms with Crippen molar-refractivity contribution in [2.24, 2.45) is 10.8 Å². The molecule has 2 heterocycles. The number of ketones is 1. The van der Waals surface area contributed by atoms with Crippen LogP contribution in [0.4, 0.5) is 0 Å². The highest BCUT2D eigenvalue weighted by Crippen LogP contribution is 2.48. The monoisotopic (exact) mass is 362 g/mol. The topological polar surface area (TPSA) is 74.3 Å². The lowest BCUT2D eigenvalue weighted by Crippen LogP contribution is -2.40. The molecule has 0 N–H and O–H groups in total. The second-order valence-corrected chi connectivity index (χ2v) is 8.48. The van der Waals surface area contributed by atoms with Crippen molar-refractivity contribution in [1.82, 2.24) is 4.90 Å². The molecular formula is C22H22N2O3. The summed E-state index contributed by atoms with van der Waals surface area (Å²) >= 11 is 0. The first kappa shape index (κ1) is 17.5. The second kappa shape index (κ2) is 5.82. The Kier molecular flexibility index (Phi) is 3.78. The molecule has 1 amide bonds. The van der Waals surface area contributed by atoms with Gasteiger partial charge in [0.25, 0.3) is 5.91 Å². The third-order valence-corrected chi connectivity index (χ3v) is 5.79. The van der Waals surface area contributed by atoms with Crippen molar-refractivity contribution < 1.29 is 14.0 Å². The third kappa shape index (κ3) is 2.76. The number of hydrogen-bond donors (Lipinski definition) is 0. The number of nitrogens with zero attached hydrogens (tertiary/aromatic N) is 2. The highest BCUT2D eigenvalue weighted by molar-refractivity contribution is 6.06. The molecule has 2 aliphatic rings. The Morgan fingerprint density at radius 2 is 2.11 bits per heavy atom. The van der Waals surface area contributed by atoms with Crippen molar-refractivity contribution in [3.63, 3.8) is 0 Å². The number of nitriles is 1. The minimum atomic E-state index is -0.586. The van der Waals surface area contributed by atoms with Crippen molar-refractivity contribution in [3.8, 4) is 6.07 Å². The van der Waals surface area contributed by atoms with Crippen LogP contribution in [0.1, 0.15) is 42.8 Å². The molecule has 5 nitrogen and oxygen atoms in total. The van der Waals surface area contributed by atoms with Crippen LogP contribution in [0, 0.1) is 29.1 Å². The maximum atomic E-state index is 13.2. The summed E-state index contributed by atoms with van der Waals surface area (Å²) in [4.78, 5) is 27.4. The van der Waals surface area contributed by atoms with E-state index in [1.54, 1.807) is 6.07 Å². The van der Waals surface area contributed by atoms with Gasteiger partial charge in [-0.3, -0.25) is 9.59 Å². The zero-order valence-corrected chi connectivity index (χ0v) is 15.8. The van der Waals surface area contributed by atoms with E-state index < -0.39 is 5.41 Å². The fourth-order valence-electron chi connectivity index (χ4n) is 4.69. The average Bonchev–Trinajstić information content (AvgIpc) is 3.19. The van der Waals surface area contributed by atoms with Gasteiger partial charge in [0.2, 0.25) is 0 Å². The quantitative estimate of drug-likeness (QED) is 0.768. The first-order chi connectivity index (χ1) is 12.7. The van der Waals surface area contributed by atoms with Crippen LogP contribution in [0.25, 0.3) is 11.0 Å². The normalized spacial score (nSPS) is 24.3. The number of furan rings is 1. The summed E-state index contributed by atoms with van der Waals surface area (Å²) in [6, 6.07) is 9.58. The van der Waals surface area contributed by atoms with Crippen molar-refractivity contribution in [2.75, 3.05) is 13.1 Å². The zero-order valence-electron chi connectivity index (χ0n) is 15.8. The molecule has 1 aliphatic carbocycles. The van der Waals surface area contributed by atoms with Crippen molar-refractivity contribution >= 4 is 22.7 Å². The van der Waals surface area contributed by atoms with E-state index in [-0.39, 0.29) is 22.7 Å². The summed E-state index contributed by atoms with van der Waals surface area (Å²) in [7, 11) is 0. The highest BCUT2D eigenvalue weighted by Gasteiger charge is 2.49. The van der Waals surface area contributed by atoms with Crippen LogP contribution in [-0.4, -0.2) is 29.7 Å². The predicted octanol–water partition coefficient (Wildman–Crippen LogP) is 4.02. The van der Waals surface area contributed by atoms with Crippen LogP contribution < -0.4 is 0 Å². The molecule has 1 aliphatic heterocycles. The minimum Gasteiger partial charge on any atom is -0.461 e. The molecule has 0 saturated carbocycles. The first-order valence-electron chi connectivity index (χ1n) is 9.21. The number of fused-ring (bicyclic) bond motifs is 1. The average molecular weight is 362 g/mol. The number of Topliss-reactive ketones (excluding diaryl/α,β-unsaturated/α-hetero) is 1. The van der Waals surface area contributed by atoms with Gasteiger partial charge in [-0.1, -0.05) is 32.1 Å². The number of carbonyl (C=O) groups excluding carboxylic acids is 2. The van der Waals surface area contributed by atoms with E-state index in [0.29, 0.717) is 30.7 Å². The van der Waals surface area contributed by atoms with E-state index in [0.717, 1.165) is 17.6 Å². The second-order valence-electron chi connectivity index (χ2n) is 8.48. The number of amides is 1. The molecule has 1 spiro atoms. The zero-order chi connectivity index (χ0) is 19.4. The molecule has 0 unspecified atom stereocenters. The SMILES string of the molecule is Cc1cc2cccc(C(=O)N3CC[C@@]4(C=C(C#N)C(=O)C(C)(C)C4)C3)c2o1. The fraction of sp³-hybridized carbons (Fsp3) is 0.409. The first-order valence-corrected chi connectivity index (χ1v) is 9.21. The summed E-state index contributed by atoms with van der Waals surface area (Å²) < 4.78 is 5.75. The van der Waals surface area contributed by atoms with Crippen LogP contribution in [0.3, 0.4) is 0 Å².